The van der Waals surface area contributed by atoms with Crippen LogP contribution in [0.2, 0.25) is 0 Å². The van der Waals surface area contributed by atoms with E-state index in [4.69, 9.17) is 0 Å². The van der Waals surface area contributed by atoms with Crippen molar-refractivity contribution in [2.24, 2.45) is 11.3 Å². The molecule has 2 aromatic rings. The standard InChI is InChI=1S/C19H22N4O2/c24-13-19-11-22(8-15-4-2-1-3-5-15)9-17(19)10-23(12-19)18(25)16-6-20-14-21-7-16/h1-7,14,17,24H,8-13H2/t17-,19+/m1/s1. The van der Waals surface area contributed by atoms with E-state index in [0.717, 1.165) is 19.6 Å². The quantitative estimate of drug-likeness (QED) is 0.902. The van der Waals surface area contributed by atoms with Gasteiger partial charge in [0.05, 0.1) is 12.2 Å². The van der Waals surface area contributed by atoms with Crippen LogP contribution in [-0.4, -0.2) is 63.6 Å². The van der Waals surface area contributed by atoms with E-state index in [2.05, 4.69) is 39.1 Å². The van der Waals surface area contributed by atoms with Crippen LogP contribution >= 0.6 is 0 Å². The number of fused-ring (bicyclic) bond motifs is 1. The highest BCUT2D eigenvalue weighted by atomic mass is 16.3. The van der Waals surface area contributed by atoms with E-state index in [1.807, 2.05) is 11.0 Å². The van der Waals surface area contributed by atoms with E-state index in [1.54, 1.807) is 12.4 Å². The summed E-state index contributed by atoms with van der Waals surface area (Å²) in [6.07, 6.45) is 4.53. The van der Waals surface area contributed by atoms with E-state index in [-0.39, 0.29) is 17.9 Å². The first-order chi connectivity index (χ1) is 12.2. The number of benzene rings is 1. The number of aliphatic hydroxyl groups is 1. The molecule has 0 saturated carbocycles. The first kappa shape index (κ1) is 16.2. The Labute approximate surface area is 147 Å². The van der Waals surface area contributed by atoms with Crippen molar-refractivity contribution in [3.63, 3.8) is 0 Å². The van der Waals surface area contributed by atoms with Gasteiger partial charge in [-0.3, -0.25) is 9.69 Å². The molecule has 6 heteroatoms. The van der Waals surface area contributed by atoms with E-state index < -0.39 is 0 Å². The maximum atomic E-state index is 12.7. The van der Waals surface area contributed by atoms with Crippen LogP contribution in [0.3, 0.4) is 0 Å². The van der Waals surface area contributed by atoms with Crippen molar-refractivity contribution in [2.75, 3.05) is 32.8 Å². The Morgan fingerprint density at radius 3 is 2.60 bits per heavy atom. The molecule has 2 atom stereocenters. The SMILES string of the molecule is O=C(c1cncnc1)N1C[C@H]2CN(Cc3ccccc3)C[C@@]2(CO)C1. The molecule has 0 spiro atoms. The Bertz CT molecular complexity index is 740. The van der Waals surface area contributed by atoms with E-state index in [9.17, 15) is 9.90 Å². The molecule has 2 aliphatic heterocycles. The normalized spacial score (nSPS) is 26.0. The van der Waals surface area contributed by atoms with Gasteiger partial charge < -0.3 is 10.0 Å². The van der Waals surface area contributed by atoms with Crippen LogP contribution in [-0.2, 0) is 6.54 Å². The van der Waals surface area contributed by atoms with Crippen molar-refractivity contribution < 1.29 is 9.90 Å². The lowest BCUT2D eigenvalue weighted by molar-refractivity contribution is 0.0718. The van der Waals surface area contributed by atoms with Crippen LogP contribution in [0.1, 0.15) is 15.9 Å². The summed E-state index contributed by atoms with van der Waals surface area (Å²) in [7, 11) is 0. The third-order valence-electron chi connectivity index (χ3n) is 5.49. The van der Waals surface area contributed by atoms with Crippen LogP contribution in [0, 0.1) is 11.3 Å². The molecule has 1 N–H and O–H groups in total. The smallest absolute Gasteiger partial charge is 0.257 e. The molecule has 130 valence electrons. The number of amides is 1. The molecule has 3 heterocycles. The van der Waals surface area contributed by atoms with Gasteiger partial charge >= 0.3 is 0 Å². The molecule has 1 amide bonds. The third kappa shape index (κ3) is 3.03. The minimum atomic E-state index is -0.222. The Morgan fingerprint density at radius 1 is 1.16 bits per heavy atom. The fourth-order valence-electron chi connectivity index (χ4n) is 4.22. The lowest BCUT2D eigenvalue weighted by atomic mass is 9.82. The number of hydrogen-bond acceptors (Lipinski definition) is 5. The Hall–Kier alpha value is -2.31. The van der Waals surface area contributed by atoms with Gasteiger partial charge in [-0.15, -0.1) is 0 Å². The monoisotopic (exact) mass is 338 g/mol. The summed E-state index contributed by atoms with van der Waals surface area (Å²) < 4.78 is 0. The van der Waals surface area contributed by atoms with Crippen molar-refractivity contribution >= 4 is 5.91 Å². The van der Waals surface area contributed by atoms with Crippen LogP contribution in [0.25, 0.3) is 0 Å². The molecule has 0 unspecified atom stereocenters. The van der Waals surface area contributed by atoms with Gasteiger partial charge in [0, 0.05) is 50.5 Å². The second-order valence-corrected chi connectivity index (χ2v) is 7.19. The number of likely N-dealkylation sites (tertiary alicyclic amines) is 2. The molecule has 0 radical (unpaired) electrons. The second kappa shape index (κ2) is 6.54. The van der Waals surface area contributed by atoms with Crippen molar-refractivity contribution in [3.05, 3.63) is 60.2 Å². The number of aliphatic hydroxyl groups excluding tert-OH is 1. The molecule has 0 bridgehead atoms. The van der Waals surface area contributed by atoms with E-state index in [0.29, 0.717) is 24.6 Å². The molecule has 2 saturated heterocycles. The summed E-state index contributed by atoms with van der Waals surface area (Å²) in [6, 6.07) is 10.4. The average Bonchev–Trinajstić information content (AvgIpc) is 3.17. The highest BCUT2D eigenvalue weighted by Gasteiger charge is 2.53. The largest absolute Gasteiger partial charge is 0.396 e. The van der Waals surface area contributed by atoms with E-state index >= 15 is 0 Å². The van der Waals surface area contributed by atoms with Crippen molar-refractivity contribution in [1.29, 1.82) is 0 Å². The Morgan fingerprint density at radius 2 is 1.92 bits per heavy atom. The predicted molar refractivity (Wildman–Crippen MR) is 92.7 cm³/mol. The lowest BCUT2D eigenvalue weighted by Crippen LogP contribution is -2.38. The minimum absolute atomic E-state index is 0.0440. The summed E-state index contributed by atoms with van der Waals surface area (Å²) in [5.41, 5.74) is 1.57. The van der Waals surface area contributed by atoms with Gasteiger partial charge in [0.2, 0.25) is 0 Å². The van der Waals surface area contributed by atoms with Gasteiger partial charge in [0.1, 0.15) is 6.33 Å². The van der Waals surface area contributed by atoms with Crippen molar-refractivity contribution in [3.8, 4) is 0 Å². The zero-order chi connectivity index (χ0) is 17.3. The molecule has 0 aliphatic carbocycles. The van der Waals surface area contributed by atoms with Gasteiger partial charge in [0.25, 0.3) is 5.91 Å². The zero-order valence-electron chi connectivity index (χ0n) is 14.1. The number of rotatable bonds is 4. The van der Waals surface area contributed by atoms with Gasteiger partial charge in [-0.25, -0.2) is 9.97 Å². The summed E-state index contributed by atoms with van der Waals surface area (Å²) in [5, 5.41) is 10.1. The van der Waals surface area contributed by atoms with Crippen LogP contribution < -0.4 is 0 Å². The molecular weight excluding hydrogens is 316 g/mol. The van der Waals surface area contributed by atoms with Crippen molar-refractivity contribution in [2.45, 2.75) is 6.54 Å². The third-order valence-corrected chi connectivity index (χ3v) is 5.49. The molecule has 2 aliphatic rings. The van der Waals surface area contributed by atoms with Gasteiger partial charge in [-0.2, -0.15) is 0 Å². The molecule has 4 rings (SSSR count). The highest BCUT2D eigenvalue weighted by Crippen LogP contribution is 2.42. The number of carbonyl (C=O) groups is 1. The molecule has 2 fully saturated rings. The summed E-state index contributed by atoms with van der Waals surface area (Å²) >= 11 is 0. The molecule has 6 nitrogen and oxygen atoms in total. The number of aromatic nitrogens is 2. The van der Waals surface area contributed by atoms with E-state index in [1.165, 1.54) is 11.9 Å². The van der Waals surface area contributed by atoms with Crippen LogP contribution in [0.4, 0.5) is 0 Å². The summed E-state index contributed by atoms with van der Waals surface area (Å²) in [4.78, 5) is 24.8. The topological polar surface area (TPSA) is 69.6 Å². The number of hydrogen-bond donors (Lipinski definition) is 1. The number of nitrogens with zero attached hydrogens (tertiary/aromatic N) is 4. The first-order valence-electron chi connectivity index (χ1n) is 8.62. The zero-order valence-corrected chi connectivity index (χ0v) is 14.1. The molecular formula is C19H22N4O2. The molecule has 25 heavy (non-hydrogen) atoms. The Kier molecular flexibility index (Phi) is 4.23. The summed E-state index contributed by atoms with van der Waals surface area (Å²) in [5.74, 6) is 0.257. The molecule has 1 aromatic heterocycles. The highest BCUT2D eigenvalue weighted by molar-refractivity contribution is 5.93. The van der Waals surface area contributed by atoms with Gasteiger partial charge in [-0.1, -0.05) is 30.3 Å². The van der Waals surface area contributed by atoms with Crippen LogP contribution in [0.5, 0.6) is 0 Å². The summed E-state index contributed by atoms with van der Waals surface area (Å²) in [6.45, 7) is 3.99. The number of carbonyl (C=O) groups excluding carboxylic acids is 1. The second-order valence-electron chi connectivity index (χ2n) is 7.19. The molecule has 1 aromatic carbocycles. The average molecular weight is 338 g/mol. The maximum absolute atomic E-state index is 12.7. The van der Waals surface area contributed by atoms with Gasteiger partial charge in [-0.05, 0) is 11.5 Å². The fraction of sp³-hybridized carbons (Fsp3) is 0.421. The first-order valence-corrected chi connectivity index (χ1v) is 8.62. The Balaban J connectivity index is 1.45. The van der Waals surface area contributed by atoms with Gasteiger partial charge in [0.15, 0.2) is 0 Å². The lowest BCUT2D eigenvalue weighted by Gasteiger charge is -2.27. The minimum Gasteiger partial charge on any atom is -0.396 e. The fourth-order valence-corrected chi connectivity index (χ4v) is 4.22. The predicted octanol–water partition coefficient (Wildman–Crippen LogP) is 1.04. The van der Waals surface area contributed by atoms with Crippen molar-refractivity contribution in [1.82, 2.24) is 19.8 Å². The van der Waals surface area contributed by atoms with Crippen LogP contribution in [0.15, 0.2) is 49.1 Å². The maximum Gasteiger partial charge on any atom is 0.257 e.